The first kappa shape index (κ1) is 22.9. The Morgan fingerprint density at radius 3 is 2.90 bits per heavy atom. The van der Waals surface area contributed by atoms with Crippen LogP contribution in [-0.2, 0) is 20.9 Å². The van der Waals surface area contributed by atoms with Crippen LogP contribution in [0.15, 0.2) is 29.4 Å². The molecule has 1 aliphatic carbocycles. The summed E-state index contributed by atoms with van der Waals surface area (Å²) in [4.78, 5) is 29.7. The van der Waals surface area contributed by atoms with Crippen LogP contribution in [0.4, 0.5) is 5.82 Å². The molecule has 3 rings (SSSR count). The molecular formula is C22H31BrN4O3. The lowest BCUT2D eigenvalue weighted by Crippen LogP contribution is -2.40. The van der Waals surface area contributed by atoms with E-state index in [1.54, 1.807) is 6.08 Å². The summed E-state index contributed by atoms with van der Waals surface area (Å²) in [5.74, 6) is 0.450. The van der Waals surface area contributed by atoms with Crippen LogP contribution in [0.5, 0.6) is 0 Å². The van der Waals surface area contributed by atoms with Crippen LogP contribution in [0.3, 0.4) is 0 Å². The number of piperidine rings is 1. The maximum Gasteiger partial charge on any atom is 0.242 e. The Kier molecular flexibility index (Phi) is 6.99. The van der Waals surface area contributed by atoms with E-state index in [0.717, 1.165) is 18.4 Å². The van der Waals surface area contributed by atoms with Crippen molar-refractivity contribution in [2.75, 3.05) is 18.5 Å². The summed E-state index contributed by atoms with van der Waals surface area (Å²) in [5.41, 5.74) is 0.405. The van der Waals surface area contributed by atoms with E-state index >= 15 is 0 Å². The second-order valence-corrected chi connectivity index (χ2v) is 9.71. The van der Waals surface area contributed by atoms with E-state index in [-0.39, 0.29) is 34.7 Å². The van der Waals surface area contributed by atoms with Crippen LogP contribution < -0.4 is 16.0 Å². The molecule has 1 saturated carbocycles. The van der Waals surface area contributed by atoms with Crippen molar-refractivity contribution in [3.8, 4) is 0 Å². The van der Waals surface area contributed by atoms with E-state index in [1.165, 1.54) is 0 Å². The van der Waals surface area contributed by atoms with E-state index in [9.17, 15) is 9.59 Å². The molecule has 164 valence electrons. The molecule has 2 amide bonds. The lowest BCUT2D eigenvalue weighted by atomic mass is 9.89. The number of nitrogens with one attached hydrogen (secondary N) is 3. The topological polar surface area (TPSA) is 92.3 Å². The van der Waals surface area contributed by atoms with Crippen LogP contribution in [0, 0.1) is 10.8 Å². The predicted octanol–water partition coefficient (Wildman–Crippen LogP) is 3.16. The molecule has 0 spiro atoms. The molecule has 2 aliphatic rings. The Bertz CT molecular complexity index is 829. The minimum Gasteiger partial charge on any atom is -0.373 e. The van der Waals surface area contributed by atoms with Gasteiger partial charge in [-0.3, -0.25) is 9.59 Å². The fraction of sp³-hybridized carbons (Fsp3) is 0.591. The first-order chi connectivity index (χ1) is 14.2. The fourth-order valence-electron chi connectivity index (χ4n) is 3.75. The normalized spacial score (nSPS) is 24.8. The highest BCUT2D eigenvalue weighted by Crippen LogP contribution is 2.54. The van der Waals surface area contributed by atoms with Gasteiger partial charge in [0.1, 0.15) is 10.4 Å². The standard InChI is InChI=1S/C22H31BrN4O3/c1-5-9-30-12-14-7-8-17(23)26-18(14)27-19(28)15-10-22(11-16(22)25-15)13-24-20(29)21(3,4)6-2/h5,7-8,15-16,25H,1,6,9-13H2,2-4H3,(H,24,29)(H,26,27,28)/t15-,16?,22-/m0/s1. The molecule has 0 bridgehead atoms. The molecule has 30 heavy (non-hydrogen) atoms. The number of rotatable bonds is 10. The van der Waals surface area contributed by atoms with Gasteiger partial charge in [-0.25, -0.2) is 4.98 Å². The second-order valence-electron chi connectivity index (χ2n) is 8.90. The number of hydrogen-bond acceptors (Lipinski definition) is 5. The number of nitrogens with zero attached hydrogens (tertiary/aromatic N) is 1. The van der Waals surface area contributed by atoms with Gasteiger partial charge in [-0.15, -0.1) is 6.58 Å². The van der Waals surface area contributed by atoms with Crippen LogP contribution in [0.1, 0.15) is 45.6 Å². The van der Waals surface area contributed by atoms with Gasteiger partial charge in [0.25, 0.3) is 0 Å². The molecule has 1 unspecified atom stereocenters. The lowest BCUT2D eigenvalue weighted by molar-refractivity contribution is -0.129. The minimum absolute atomic E-state index is 0.0257. The fourth-order valence-corrected chi connectivity index (χ4v) is 4.06. The Morgan fingerprint density at radius 1 is 1.43 bits per heavy atom. The number of amides is 2. The Hall–Kier alpha value is -1.77. The summed E-state index contributed by atoms with van der Waals surface area (Å²) in [7, 11) is 0. The zero-order chi connectivity index (χ0) is 21.9. The summed E-state index contributed by atoms with van der Waals surface area (Å²) < 4.78 is 6.15. The highest BCUT2D eigenvalue weighted by atomic mass is 79.9. The largest absolute Gasteiger partial charge is 0.373 e. The van der Waals surface area contributed by atoms with E-state index in [4.69, 9.17) is 4.74 Å². The lowest BCUT2D eigenvalue weighted by Gasteiger charge is -2.23. The van der Waals surface area contributed by atoms with Gasteiger partial charge in [0.05, 0.1) is 19.3 Å². The third kappa shape index (κ3) is 5.10. The highest BCUT2D eigenvalue weighted by molar-refractivity contribution is 9.10. The molecule has 1 aromatic heterocycles. The molecule has 1 aliphatic heterocycles. The zero-order valence-corrected chi connectivity index (χ0v) is 19.5. The number of anilines is 1. The SMILES string of the molecule is C=CCOCc1ccc(Br)nc1NC(=O)[C@@H]1C[C@@]2(CNC(=O)C(C)(C)CC)CC2N1. The first-order valence-corrected chi connectivity index (χ1v) is 11.2. The van der Waals surface area contributed by atoms with Crippen molar-refractivity contribution < 1.29 is 14.3 Å². The smallest absolute Gasteiger partial charge is 0.242 e. The molecule has 1 aromatic rings. The van der Waals surface area contributed by atoms with Crippen molar-refractivity contribution >= 4 is 33.6 Å². The number of fused-ring (bicyclic) bond motifs is 1. The van der Waals surface area contributed by atoms with E-state index in [1.807, 2.05) is 32.9 Å². The Balaban J connectivity index is 1.58. The van der Waals surface area contributed by atoms with Gasteiger partial charge < -0.3 is 20.7 Å². The van der Waals surface area contributed by atoms with Gasteiger partial charge in [-0.2, -0.15) is 0 Å². The van der Waals surface area contributed by atoms with Gasteiger partial charge in [0.2, 0.25) is 11.8 Å². The van der Waals surface area contributed by atoms with Gasteiger partial charge in [-0.05, 0) is 41.3 Å². The molecule has 8 heteroatoms. The number of aromatic nitrogens is 1. The maximum atomic E-state index is 12.9. The third-order valence-corrected chi connectivity index (χ3v) is 6.74. The van der Waals surface area contributed by atoms with Crippen LogP contribution in [0.25, 0.3) is 0 Å². The molecule has 0 radical (unpaired) electrons. The number of carbonyl (C=O) groups is 2. The summed E-state index contributed by atoms with van der Waals surface area (Å²) in [5, 5.41) is 9.44. The number of pyridine rings is 1. The van der Waals surface area contributed by atoms with Crippen molar-refractivity contribution in [1.29, 1.82) is 0 Å². The van der Waals surface area contributed by atoms with E-state index in [0.29, 0.717) is 36.6 Å². The number of carbonyl (C=O) groups excluding carboxylic acids is 2. The van der Waals surface area contributed by atoms with E-state index in [2.05, 4.69) is 43.4 Å². The predicted molar refractivity (Wildman–Crippen MR) is 120 cm³/mol. The average Bonchev–Trinajstić information content (AvgIpc) is 3.27. The number of hydrogen-bond donors (Lipinski definition) is 3. The first-order valence-electron chi connectivity index (χ1n) is 10.4. The number of halogens is 1. The van der Waals surface area contributed by atoms with Gasteiger partial charge in [-0.1, -0.05) is 32.9 Å². The maximum absolute atomic E-state index is 12.9. The average molecular weight is 479 g/mol. The van der Waals surface area contributed by atoms with Crippen molar-refractivity contribution in [2.24, 2.45) is 10.8 Å². The quantitative estimate of drug-likeness (QED) is 0.273. The molecular weight excluding hydrogens is 448 g/mol. The zero-order valence-electron chi connectivity index (χ0n) is 17.9. The highest BCUT2D eigenvalue weighted by Gasteiger charge is 2.61. The van der Waals surface area contributed by atoms with Crippen molar-refractivity contribution in [2.45, 2.75) is 58.7 Å². The monoisotopic (exact) mass is 478 g/mol. The molecule has 1 saturated heterocycles. The Morgan fingerprint density at radius 2 is 2.20 bits per heavy atom. The summed E-state index contributed by atoms with van der Waals surface area (Å²) in [6, 6.07) is 3.66. The van der Waals surface area contributed by atoms with Crippen LogP contribution in [-0.4, -0.2) is 42.0 Å². The van der Waals surface area contributed by atoms with Crippen molar-refractivity contribution in [3.63, 3.8) is 0 Å². The summed E-state index contributed by atoms with van der Waals surface area (Å²) in [6.45, 7) is 10.9. The third-order valence-electron chi connectivity index (χ3n) is 6.30. The van der Waals surface area contributed by atoms with Gasteiger partial charge in [0, 0.05) is 29.0 Å². The molecule has 3 N–H and O–H groups in total. The van der Waals surface area contributed by atoms with Crippen molar-refractivity contribution in [3.05, 3.63) is 35.0 Å². The minimum atomic E-state index is -0.375. The molecule has 7 nitrogen and oxygen atoms in total. The second kappa shape index (κ2) is 9.16. The molecule has 0 aromatic carbocycles. The van der Waals surface area contributed by atoms with Crippen LogP contribution >= 0.6 is 15.9 Å². The molecule has 2 fully saturated rings. The van der Waals surface area contributed by atoms with E-state index < -0.39 is 0 Å². The summed E-state index contributed by atoms with van der Waals surface area (Å²) in [6.07, 6.45) is 4.15. The molecule has 3 atom stereocenters. The van der Waals surface area contributed by atoms with Gasteiger partial charge in [0.15, 0.2) is 0 Å². The number of ether oxygens (including phenoxy) is 1. The molecule has 2 heterocycles. The summed E-state index contributed by atoms with van der Waals surface area (Å²) >= 11 is 3.36. The van der Waals surface area contributed by atoms with Gasteiger partial charge >= 0.3 is 0 Å². The van der Waals surface area contributed by atoms with Crippen molar-refractivity contribution in [1.82, 2.24) is 15.6 Å². The van der Waals surface area contributed by atoms with Crippen LogP contribution in [0.2, 0.25) is 0 Å². The Labute approximate surface area is 186 Å².